The Kier molecular flexibility index (Phi) is 5.76. The molecule has 0 amide bonds. The van der Waals surface area contributed by atoms with Gasteiger partial charge in [0.15, 0.2) is 6.20 Å². The zero-order valence-electron chi connectivity index (χ0n) is 9.81. The standard InChI is InChI=1S/C11H10ClF3IN2.HI/c1-2-17-4-3-8-9(10(17)12)7(16)5-18(8)6-11(13,14)15;/h3-5H,2,6H2,1H3;1H/q+1;/p-1. The number of pyridine rings is 1. The smallest absolute Gasteiger partial charge is 0.406 e. The van der Waals surface area contributed by atoms with Gasteiger partial charge in [0.25, 0.3) is 5.15 Å². The Morgan fingerprint density at radius 2 is 2.05 bits per heavy atom. The molecule has 0 aromatic carbocycles. The van der Waals surface area contributed by atoms with Crippen molar-refractivity contribution in [2.45, 2.75) is 26.2 Å². The van der Waals surface area contributed by atoms with Crippen molar-refractivity contribution in [3.05, 3.63) is 27.2 Å². The summed E-state index contributed by atoms with van der Waals surface area (Å²) in [5, 5.41) is 1.14. The number of alkyl halides is 3. The summed E-state index contributed by atoms with van der Waals surface area (Å²) in [6.45, 7) is 1.60. The number of hydrogen-bond donors (Lipinski definition) is 0. The van der Waals surface area contributed by atoms with Crippen LogP contribution in [0.25, 0.3) is 10.9 Å². The first-order valence-corrected chi connectivity index (χ1v) is 6.72. The summed E-state index contributed by atoms with van der Waals surface area (Å²) in [5.41, 5.74) is 0.506. The fourth-order valence-corrected chi connectivity index (χ4v) is 3.26. The van der Waals surface area contributed by atoms with Crippen LogP contribution in [0.15, 0.2) is 18.5 Å². The number of aryl methyl sites for hydroxylation is 1. The van der Waals surface area contributed by atoms with E-state index < -0.39 is 12.7 Å². The Morgan fingerprint density at radius 3 is 2.58 bits per heavy atom. The molecule has 0 bridgehead atoms. The minimum atomic E-state index is -4.24. The second kappa shape index (κ2) is 6.33. The second-order valence-electron chi connectivity index (χ2n) is 3.87. The van der Waals surface area contributed by atoms with E-state index in [9.17, 15) is 13.2 Å². The molecule has 2 aromatic rings. The second-order valence-corrected chi connectivity index (χ2v) is 5.39. The monoisotopic (exact) mass is 516 g/mol. The molecule has 0 radical (unpaired) electrons. The topological polar surface area (TPSA) is 8.81 Å². The fraction of sp³-hybridized carbons (Fsp3) is 0.364. The zero-order valence-corrected chi connectivity index (χ0v) is 14.9. The summed E-state index contributed by atoms with van der Waals surface area (Å²) < 4.78 is 41.1. The van der Waals surface area contributed by atoms with Gasteiger partial charge in [0.1, 0.15) is 13.1 Å². The normalized spacial score (nSPS) is 11.7. The van der Waals surface area contributed by atoms with Crippen molar-refractivity contribution in [1.82, 2.24) is 4.57 Å². The van der Waals surface area contributed by atoms with Crippen LogP contribution < -0.4 is 28.5 Å². The quantitative estimate of drug-likeness (QED) is 0.317. The lowest BCUT2D eigenvalue weighted by Crippen LogP contribution is -3.00. The third-order valence-electron chi connectivity index (χ3n) is 2.63. The summed E-state index contributed by atoms with van der Waals surface area (Å²) in [5.74, 6) is 0. The van der Waals surface area contributed by atoms with Crippen molar-refractivity contribution < 1.29 is 41.7 Å². The maximum Gasteiger partial charge on any atom is 0.406 e. The van der Waals surface area contributed by atoms with E-state index in [-0.39, 0.29) is 24.0 Å². The molecule has 2 aromatic heterocycles. The summed E-state index contributed by atoms with van der Waals surface area (Å²) in [4.78, 5) is 0. The number of fused-ring (bicyclic) bond motifs is 1. The first kappa shape index (κ1) is 17.3. The largest absolute Gasteiger partial charge is 1.00 e. The maximum atomic E-state index is 12.5. The molecule has 0 aliphatic carbocycles. The predicted octanol–water partition coefficient (Wildman–Crippen LogP) is 0.773. The van der Waals surface area contributed by atoms with Gasteiger partial charge in [0, 0.05) is 15.8 Å². The van der Waals surface area contributed by atoms with Crippen molar-refractivity contribution in [2.75, 3.05) is 0 Å². The molecule has 0 unspecified atom stereocenters. The highest BCUT2D eigenvalue weighted by atomic mass is 127. The Hall–Kier alpha value is 0.230. The summed E-state index contributed by atoms with van der Waals surface area (Å²) in [7, 11) is 0. The number of halogens is 6. The molecular formula is C11H10ClF3I2N2. The van der Waals surface area contributed by atoms with E-state index in [0.717, 1.165) is 3.57 Å². The molecule has 0 aliphatic heterocycles. The van der Waals surface area contributed by atoms with Crippen LogP contribution in [-0.4, -0.2) is 10.7 Å². The lowest BCUT2D eigenvalue weighted by atomic mass is 10.3. The van der Waals surface area contributed by atoms with Crippen molar-refractivity contribution >= 4 is 45.1 Å². The summed E-state index contributed by atoms with van der Waals surface area (Å²) in [6, 6.07) is 1.67. The van der Waals surface area contributed by atoms with Crippen molar-refractivity contribution in [3.63, 3.8) is 0 Å². The van der Waals surface area contributed by atoms with Gasteiger partial charge in [0.05, 0.1) is 10.9 Å². The Bertz CT molecular complexity index is 596. The Morgan fingerprint density at radius 1 is 1.42 bits per heavy atom. The SMILES string of the molecule is CC[n+]1ccc2c(c(I)cn2CC(F)(F)F)c1Cl.[I-]. The molecule has 0 spiro atoms. The maximum absolute atomic E-state index is 12.5. The average molecular weight is 516 g/mol. The lowest BCUT2D eigenvalue weighted by Gasteiger charge is -2.08. The zero-order chi connectivity index (χ0) is 13.5. The van der Waals surface area contributed by atoms with E-state index in [4.69, 9.17) is 11.6 Å². The van der Waals surface area contributed by atoms with Gasteiger partial charge in [-0.2, -0.15) is 17.7 Å². The highest BCUT2D eigenvalue weighted by Gasteiger charge is 2.30. The van der Waals surface area contributed by atoms with Gasteiger partial charge in [-0.1, -0.05) is 0 Å². The van der Waals surface area contributed by atoms with Gasteiger partial charge >= 0.3 is 6.18 Å². The minimum absolute atomic E-state index is 0. The molecule has 2 heterocycles. The molecule has 106 valence electrons. The first-order valence-electron chi connectivity index (χ1n) is 5.26. The molecular weight excluding hydrogens is 506 g/mol. The van der Waals surface area contributed by atoms with Gasteiger partial charge < -0.3 is 28.5 Å². The summed E-state index contributed by atoms with van der Waals surface area (Å²) >= 11 is 8.20. The molecule has 0 atom stereocenters. The van der Waals surface area contributed by atoms with Gasteiger partial charge in [-0.05, 0) is 41.1 Å². The molecule has 0 aliphatic rings. The van der Waals surface area contributed by atoms with Crippen molar-refractivity contribution in [2.24, 2.45) is 0 Å². The molecule has 0 fully saturated rings. The lowest BCUT2D eigenvalue weighted by molar-refractivity contribution is -0.690. The molecule has 19 heavy (non-hydrogen) atoms. The van der Waals surface area contributed by atoms with Crippen molar-refractivity contribution in [3.8, 4) is 0 Å². The van der Waals surface area contributed by atoms with Crippen LogP contribution in [-0.2, 0) is 13.1 Å². The fourth-order valence-electron chi connectivity index (χ4n) is 1.86. The third-order valence-corrected chi connectivity index (χ3v) is 3.86. The Balaban J connectivity index is 0.00000180. The van der Waals surface area contributed by atoms with Crippen LogP contribution in [0, 0.1) is 3.57 Å². The van der Waals surface area contributed by atoms with Gasteiger partial charge in [-0.3, -0.25) is 0 Å². The van der Waals surface area contributed by atoms with Crippen LogP contribution in [0.1, 0.15) is 6.92 Å². The summed E-state index contributed by atoms with van der Waals surface area (Å²) in [6.07, 6.45) is -1.06. The average Bonchev–Trinajstić information content (AvgIpc) is 2.54. The number of rotatable bonds is 2. The van der Waals surface area contributed by atoms with Crippen LogP contribution >= 0.6 is 34.2 Å². The molecule has 2 nitrogen and oxygen atoms in total. The van der Waals surface area contributed by atoms with Gasteiger partial charge in [-0.25, -0.2) is 0 Å². The van der Waals surface area contributed by atoms with Crippen LogP contribution in [0.2, 0.25) is 5.15 Å². The van der Waals surface area contributed by atoms with E-state index in [1.165, 1.54) is 10.8 Å². The van der Waals surface area contributed by atoms with Crippen LogP contribution in [0.3, 0.4) is 0 Å². The predicted molar refractivity (Wildman–Crippen MR) is 71.6 cm³/mol. The molecule has 8 heteroatoms. The first-order chi connectivity index (χ1) is 8.33. The van der Waals surface area contributed by atoms with E-state index in [0.29, 0.717) is 22.6 Å². The molecule has 0 saturated heterocycles. The van der Waals surface area contributed by atoms with Gasteiger partial charge in [-0.15, -0.1) is 0 Å². The highest BCUT2D eigenvalue weighted by molar-refractivity contribution is 14.1. The molecule has 2 rings (SSSR count). The number of hydrogen-bond acceptors (Lipinski definition) is 0. The van der Waals surface area contributed by atoms with Crippen molar-refractivity contribution in [1.29, 1.82) is 0 Å². The van der Waals surface area contributed by atoms with Crippen LogP contribution in [0.4, 0.5) is 13.2 Å². The number of aromatic nitrogens is 2. The van der Waals surface area contributed by atoms with E-state index in [2.05, 4.69) is 0 Å². The van der Waals surface area contributed by atoms with Crippen LogP contribution in [0.5, 0.6) is 0 Å². The van der Waals surface area contributed by atoms with E-state index in [1.54, 1.807) is 16.8 Å². The minimum Gasteiger partial charge on any atom is -1.00 e. The van der Waals surface area contributed by atoms with Gasteiger partial charge in [0.2, 0.25) is 0 Å². The highest BCUT2D eigenvalue weighted by Crippen LogP contribution is 2.29. The molecule has 0 N–H and O–H groups in total. The molecule has 0 saturated carbocycles. The van der Waals surface area contributed by atoms with E-state index in [1.807, 2.05) is 29.5 Å². The Labute approximate surface area is 144 Å². The van der Waals surface area contributed by atoms with E-state index >= 15 is 0 Å². The third kappa shape index (κ3) is 3.66. The number of nitrogens with zero attached hydrogens (tertiary/aromatic N) is 2.